The molecule has 0 N–H and O–H groups in total. The molecule has 2 aromatic rings. The molecule has 0 atom stereocenters. The molecule has 2 aromatic heterocycles. The molecule has 1 aliphatic carbocycles. The molecule has 0 unspecified atom stereocenters. The molecule has 0 radical (unpaired) electrons. The van der Waals surface area contributed by atoms with Gasteiger partial charge in [-0.2, -0.15) is 22.6 Å². The quantitative estimate of drug-likeness (QED) is 0.864. The van der Waals surface area contributed by atoms with Crippen molar-refractivity contribution in [3.63, 3.8) is 0 Å². The molecular formula is C13H12F3N3O2S. The Hall–Kier alpha value is -1.90. The van der Waals surface area contributed by atoms with Crippen LogP contribution in [-0.2, 0) is 12.7 Å². The maximum absolute atomic E-state index is 13.0. The summed E-state index contributed by atoms with van der Waals surface area (Å²) in [5.41, 5.74) is -1.48. The molecule has 1 saturated carbocycles. The molecule has 1 aliphatic rings. The molecule has 9 heteroatoms. The van der Waals surface area contributed by atoms with Crippen LogP contribution in [0.5, 0.6) is 5.88 Å². The van der Waals surface area contributed by atoms with Crippen LogP contribution in [0.1, 0.15) is 35.6 Å². The third-order valence-electron chi connectivity index (χ3n) is 3.41. The van der Waals surface area contributed by atoms with E-state index in [0.29, 0.717) is 17.1 Å². The highest BCUT2D eigenvalue weighted by molar-refractivity contribution is 7.03. The van der Waals surface area contributed by atoms with E-state index in [1.165, 1.54) is 7.11 Å². The van der Waals surface area contributed by atoms with Crippen LogP contribution >= 0.6 is 11.5 Å². The van der Waals surface area contributed by atoms with E-state index in [9.17, 15) is 18.0 Å². The van der Waals surface area contributed by atoms with Crippen LogP contribution in [0, 0.1) is 0 Å². The largest absolute Gasteiger partial charge is 0.480 e. The summed E-state index contributed by atoms with van der Waals surface area (Å²) in [4.78, 5) is 12.1. The number of hydrogen-bond donors (Lipinski definition) is 0. The van der Waals surface area contributed by atoms with Gasteiger partial charge in [0.2, 0.25) is 5.88 Å². The number of rotatable bonds is 4. The van der Waals surface area contributed by atoms with Crippen LogP contribution < -0.4 is 10.3 Å². The lowest BCUT2D eigenvalue weighted by Gasteiger charge is -2.12. The van der Waals surface area contributed by atoms with Crippen LogP contribution in [0.4, 0.5) is 13.2 Å². The number of halogens is 3. The lowest BCUT2D eigenvalue weighted by Crippen LogP contribution is -2.31. The fourth-order valence-corrected chi connectivity index (χ4v) is 2.78. The Kier molecular flexibility index (Phi) is 3.67. The van der Waals surface area contributed by atoms with Gasteiger partial charge in [0.05, 0.1) is 19.3 Å². The monoisotopic (exact) mass is 331 g/mol. The average Bonchev–Trinajstić information content (AvgIpc) is 3.20. The Balaban J connectivity index is 2.06. The molecule has 1 fully saturated rings. The summed E-state index contributed by atoms with van der Waals surface area (Å²) in [6.45, 7) is -0.0951. The van der Waals surface area contributed by atoms with Crippen molar-refractivity contribution >= 4 is 11.5 Å². The molecule has 0 bridgehead atoms. The number of hydrogen-bond acceptors (Lipinski definition) is 5. The average molecular weight is 331 g/mol. The van der Waals surface area contributed by atoms with Gasteiger partial charge in [-0.15, -0.1) is 0 Å². The van der Waals surface area contributed by atoms with E-state index in [1.807, 2.05) is 0 Å². The molecule has 0 spiro atoms. The third kappa shape index (κ3) is 2.85. The highest BCUT2D eigenvalue weighted by atomic mass is 32.1. The number of alkyl halides is 3. The normalized spacial score (nSPS) is 15.1. The zero-order valence-corrected chi connectivity index (χ0v) is 12.4. The van der Waals surface area contributed by atoms with Crippen molar-refractivity contribution in [1.29, 1.82) is 0 Å². The van der Waals surface area contributed by atoms with Crippen molar-refractivity contribution in [3.8, 4) is 5.88 Å². The van der Waals surface area contributed by atoms with Crippen molar-refractivity contribution in [3.05, 3.63) is 38.6 Å². The van der Waals surface area contributed by atoms with E-state index < -0.39 is 17.3 Å². The summed E-state index contributed by atoms with van der Waals surface area (Å²) in [6, 6.07) is 0.875. The molecule has 0 amide bonds. The molecule has 2 heterocycles. The van der Waals surface area contributed by atoms with Crippen LogP contribution in [0.3, 0.4) is 0 Å². The Morgan fingerprint density at radius 3 is 2.77 bits per heavy atom. The first-order valence-electron chi connectivity index (χ1n) is 6.56. The predicted molar refractivity (Wildman–Crippen MR) is 73.2 cm³/mol. The van der Waals surface area contributed by atoms with Gasteiger partial charge in [-0.05, 0) is 30.4 Å². The first-order valence-corrected chi connectivity index (χ1v) is 7.40. The zero-order chi connectivity index (χ0) is 15.9. The van der Waals surface area contributed by atoms with E-state index in [-0.39, 0.29) is 12.5 Å². The lowest BCUT2D eigenvalue weighted by atomic mass is 10.2. The van der Waals surface area contributed by atoms with Crippen molar-refractivity contribution < 1.29 is 17.9 Å². The van der Waals surface area contributed by atoms with Gasteiger partial charge in [-0.3, -0.25) is 4.79 Å². The van der Waals surface area contributed by atoms with E-state index in [1.54, 1.807) is 5.38 Å². The van der Waals surface area contributed by atoms with E-state index >= 15 is 0 Å². The number of nitrogens with zero attached hydrogens (tertiary/aromatic N) is 3. The summed E-state index contributed by atoms with van der Waals surface area (Å²) in [5.74, 6) is 0.305. The molecular weight excluding hydrogens is 319 g/mol. The molecule has 5 nitrogen and oxygen atoms in total. The molecule has 0 aromatic carbocycles. The molecule has 22 heavy (non-hydrogen) atoms. The summed E-state index contributed by atoms with van der Waals surface area (Å²) in [5, 5.41) is 5.71. The zero-order valence-electron chi connectivity index (χ0n) is 11.6. The third-order valence-corrected chi connectivity index (χ3v) is 4.07. The Morgan fingerprint density at radius 2 is 2.18 bits per heavy atom. The minimum atomic E-state index is -4.69. The minimum Gasteiger partial charge on any atom is -0.480 e. The second kappa shape index (κ2) is 5.38. The van der Waals surface area contributed by atoms with Gasteiger partial charge in [0.15, 0.2) is 0 Å². The second-order valence-electron chi connectivity index (χ2n) is 5.07. The highest BCUT2D eigenvalue weighted by Crippen LogP contribution is 2.40. The van der Waals surface area contributed by atoms with E-state index in [0.717, 1.165) is 35.1 Å². The van der Waals surface area contributed by atoms with Crippen molar-refractivity contribution in [2.75, 3.05) is 7.11 Å². The van der Waals surface area contributed by atoms with E-state index in [2.05, 4.69) is 9.47 Å². The Morgan fingerprint density at radius 1 is 1.45 bits per heavy atom. The topological polar surface area (TPSA) is 57.0 Å². The van der Waals surface area contributed by atoms with Gasteiger partial charge in [0.1, 0.15) is 5.56 Å². The summed E-state index contributed by atoms with van der Waals surface area (Å²) < 4.78 is 48.9. The highest BCUT2D eigenvalue weighted by Gasteiger charge is 2.37. The van der Waals surface area contributed by atoms with Crippen molar-refractivity contribution in [2.45, 2.75) is 31.5 Å². The van der Waals surface area contributed by atoms with Crippen LogP contribution in [0.15, 0.2) is 16.2 Å². The van der Waals surface area contributed by atoms with Gasteiger partial charge in [-0.25, -0.2) is 4.68 Å². The fraction of sp³-hybridized carbons (Fsp3) is 0.462. The SMILES string of the molecule is COc1nscc1Cn1nc(C2CC2)cc(C(F)(F)F)c1=O. The molecule has 0 saturated heterocycles. The molecule has 3 rings (SSSR count). The standard InChI is InChI=1S/C13H12F3N3O2S/c1-21-11-8(6-22-18-11)5-19-12(20)9(13(14,15)16)4-10(17-19)7-2-3-7/h4,6-7H,2-3,5H2,1H3. The summed E-state index contributed by atoms with van der Waals surface area (Å²) in [7, 11) is 1.41. The maximum atomic E-state index is 13.0. The number of ether oxygens (including phenoxy) is 1. The van der Waals surface area contributed by atoms with Crippen molar-refractivity contribution in [1.82, 2.24) is 14.2 Å². The Labute approximate surface area is 127 Å². The first-order chi connectivity index (χ1) is 10.4. The van der Waals surface area contributed by atoms with Gasteiger partial charge < -0.3 is 4.74 Å². The smallest absolute Gasteiger partial charge is 0.421 e. The van der Waals surface area contributed by atoms with Crippen LogP contribution in [-0.4, -0.2) is 21.3 Å². The second-order valence-corrected chi connectivity index (χ2v) is 5.70. The van der Waals surface area contributed by atoms with Crippen LogP contribution in [0.2, 0.25) is 0 Å². The predicted octanol–water partition coefficient (Wildman–Crippen LogP) is 2.65. The van der Waals surface area contributed by atoms with Crippen LogP contribution in [0.25, 0.3) is 0 Å². The minimum absolute atomic E-state index is 0.00967. The van der Waals surface area contributed by atoms with Gasteiger partial charge in [0, 0.05) is 16.9 Å². The number of aromatic nitrogens is 3. The fourth-order valence-electron chi connectivity index (χ4n) is 2.13. The van der Waals surface area contributed by atoms with Gasteiger partial charge >= 0.3 is 6.18 Å². The maximum Gasteiger partial charge on any atom is 0.421 e. The Bertz CT molecular complexity index is 750. The van der Waals surface area contributed by atoms with Gasteiger partial charge in [0.25, 0.3) is 5.56 Å². The number of methoxy groups -OCH3 is 1. The first kappa shape index (κ1) is 15.0. The lowest BCUT2D eigenvalue weighted by molar-refractivity contribution is -0.139. The molecule has 0 aliphatic heterocycles. The molecule has 118 valence electrons. The summed E-state index contributed by atoms with van der Waals surface area (Å²) in [6.07, 6.45) is -3.10. The van der Waals surface area contributed by atoms with E-state index in [4.69, 9.17) is 4.74 Å². The summed E-state index contributed by atoms with van der Waals surface area (Å²) >= 11 is 1.11. The van der Waals surface area contributed by atoms with Crippen molar-refractivity contribution in [2.24, 2.45) is 0 Å². The van der Waals surface area contributed by atoms with Gasteiger partial charge in [-0.1, -0.05) is 0 Å².